The van der Waals surface area contributed by atoms with E-state index in [-0.39, 0.29) is 18.4 Å². The molecule has 0 saturated carbocycles. The Bertz CT molecular complexity index is 1410. The van der Waals surface area contributed by atoms with Crippen LogP contribution in [-0.4, -0.2) is 25.0 Å². The molecule has 4 aromatic carbocycles. The van der Waals surface area contributed by atoms with E-state index in [4.69, 9.17) is 14.2 Å². The van der Waals surface area contributed by atoms with Crippen LogP contribution < -0.4 is 14.8 Å². The fraction of sp³-hybridized carbons (Fsp3) is 0.188. The standard InChI is InChI=1S/C32H29F2NO5/c1-38-32(37)28(35-31(36)18-25-14-26(33)19-27(34)15-25)16-24-12-13-29(39-20-22-8-4-2-5-9-22)30(17-24)40-21-23-10-6-3-7-11-23/h2-15,17,19,28H,16,18,20-21H2,1H3,(H,35,36)/t28-/m0/s1. The second kappa shape index (κ2) is 13.9. The summed E-state index contributed by atoms with van der Waals surface area (Å²) in [7, 11) is 1.22. The minimum Gasteiger partial charge on any atom is -0.485 e. The molecule has 6 nitrogen and oxygen atoms in total. The van der Waals surface area contributed by atoms with Crippen LogP contribution in [0.15, 0.2) is 97.1 Å². The fourth-order valence-corrected chi connectivity index (χ4v) is 4.10. The molecule has 0 spiro atoms. The molecule has 1 amide bonds. The number of amides is 1. The van der Waals surface area contributed by atoms with E-state index < -0.39 is 29.6 Å². The molecule has 4 aromatic rings. The van der Waals surface area contributed by atoms with E-state index in [2.05, 4.69) is 5.32 Å². The summed E-state index contributed by atoms with van der Waals surface area (Å²) in [5.74, 6) is -1.81. The van der Waals surface area contributed by atoms with Gasteiger partial charge in [0.2, 0.25) is 5.91 Å². The first-order valence-electron chi connectivity index (χ1n) is 12.7. The van der Waals surface area contributed by atoms with Crippen LogP contribution in [0.5, 0.6) is 11.5 Å². The number of benzene rings is 4. The number of hydrogen-bond acceptors (Lipinski definition) is 5. The molecular formula is C32H29F2NO5. The molecule has 0 fully saturated rings. The maximum atomic E-state index is 13.5. The Morgan fingerprint density at radius 3 is 1.85 bits per heavy atom. The third-order valence-electron chi connectivity index (χ3n) is 6.03. The Balaban J connectivity index is 1.50. The number of carbonyl (C=O) groups excluding carboxylic acids is 2. The first-order valence-corrected chi connectivity index (χ1v) is 12.7. The average molecular weight is 546 g/mol. The number of rotatable bonds is 12. The van der Waals surface area contributed by atoms with Gasteiger partial charge in [-0.25, -0.2) is 13.6 Å². The molecule has 1 atom stereocenters. The van der Waals surface area contributed by atoms with Crippen LogP contribution in [0.4, 0.5) is 8.78 Å². The highest BCUT2D eigenvalue weighted by Crippen LogP contribution is 2.31. The zero-order valence-electron chi connectivity index (χ0n) is 21.9. The number of esters is 1. The van der Waals surface area contributed by atoms with Gasteiger partial charge in [0.1, 0.15) is 30.9 Å². The Labute approximate surface area is 231 Å². The van der Waals surface area contributed by atoms with E-state index in [0.717, 1.165) is 29.3 Å². The van der Waals surface area contributed by atoms with E-state index in [1.165, 1.54) is 7.11 Å². The molecule has 0 aliphatic heterocycles. The van der Waals surface area contributed by atoms with Crippen LogP contribution in [0.25, 0.3) is 0 Å². The van der Waals surface area contributed by atoms with Crippen molar-refractivity contribution in [3.8, 4) is 11.5 Å². The number of ether oxygens (including phenoxy) is 3. The van der Waals surface area contributed by atoms with Gasteiger partial charge in [-0.1, -0.05) is 66.7 Å². The highest BCUT2D eigenvalue weighted by atomic mass is 19.1. The molecule has 0 aromatic heterocycles. The van der Waals surface area contributed by atoms with Gasteiger partial charge in [-0.05, 0) is 46.5 Å². The molecule has 1 N–H and O–H groups in total. The summed E-state index contributed by atoms with van der Waals surface area (Å²) in [5, 5.41) is 2.61. The molecule has 40 heavy (non-hydrogen) atoms. The highest BCUT2D eigenvalue weighted by molar-refractivity contribution is 5.85. The van der Waals surface area contributed by atoms with Gasteiger partial charge in [-0.15, -0.1) is 0 Å². The zero-order valence-corrected chi connectivity index (χ0v) is 21.9. The van der Waals surface area contributed by atoms with Crippen LogP contribution in [-0.2, 0) is 40.4 Å². The van der Waals surface area contributed by atoms with Gasteiger partial charge in [0.25, 0.3) is 0 Å². The zero-order chi connectivity index (χ0) is 28.3. The minimum absolute atomic E-state index is 0.0938. The number of hydrogen-bond donors (Lipinski definition) is 1. The van der Waals surface area contributed by atoms with E-state index in [1.807, 2.05) is 60.7 Å². The molecule has 0 aliphatic rings. The molecule has 0 unspecified atom stereocenters. The molecular weight excluding hydrogens is 516 g/mol. The summed E-state index contributed by atoms with van der Waals surface area (Å²) < 4.78 is 44.1. The molecule has 0 radical (unpaired) electrons. The summed E-state index contributed by atoms with van der Waals surface area (Å²) in [4.78, 5) is 25.2. The molecule has 4 rings (SSSR count). The lowest BCUT2D eigenvalue weighted by Crippen LogP contribution is -2.43. The predicted octanol–water partition coefficient (Wildman–Crippen LogP) is 5.57. The van der Waals surface area contributed by atoms with E-state index in [1.54, 1.807) is 18.2 Å². The first-order chi connectivity index (χ1) is 19.4. The fourth-order valence-electron chi connectivity index (χ4n) is 4.10. The highest BCUT2D eigenvalue weighted by Gasteiger charge is 2.23. The van der Waals surface area contributed by atoms with Crippen LogP contribution in [0.2, 0.25) is 0 Å². The summed E-state index contributed by atoms with van der Waals surface area (Å²) in [5.41, 5.74) is 2.79. The van der Waals surface area contributed by atoms with Crippen LogP contribution in [0, 0.1) is 11.6 Å². The normalized spacial score (nSPS) is 11.4. The predicted molar refractivity (Wildman–Crippen MR) is 146 cm³/mol. The second-order valence-electron chi connectivity index (χ2n) is 9.13. The van der Waals surface area contributed by atoms with E-state index in [0.29, 0.717) is 30.3 Å². The summed E-state index contributed by atoms with van der Waals surface area (Å²) in [6.45, 7) is 0.636. The maximum absolute atomic E-state index is 13.5. The Hall–Kier alpha value is -4.72. The summed E-state index contributed by atoms with van der Waals surface area (Å²) >= 11 is 0. The Morgan fingerprint density at radius 2 is 1.27 bits per heavy atom. The number of nitrogens with one attached hydrogen (secondary N) is 1. The van der Waals surface area contributed by atoms with E-state index >= 15 is 0 Å². The second-order valence-corrected chi connectivity index (χ2v) is 9.13. The largest absolute Gasteiger partial charge is 0.485 e. The van der Waals surface area contributed by atoms with Crippen molar-refractivity contribution >= 4 is 11.9 Å². The van der Waals surface area contributed by atoms with Crippen molar-refractivity contribution in [2.75, 3.05) is 7.11 Å². The third-order valence-corrected chi connectivity index (χ3v) is 6.03. The molecule has 0 aliphatic carbocycles. The average Bonchev–Trinajstić information content (AvgIpc) is 2.95. The lowest BCUT2D eigenvalue weighted by Gasteiger charge is -2.19. The van der Waals surface area contributed by atoms with Gasteiger partial charge in [0.05, 0.1) is 13.5 Å². The minimum atomic E-state index is -1.03. The van der Waals surface area contributed by atoms with Crippen molar-refractivity contribution in [1.82, 2.24) is 5.32 Å². The van der Waals surface area contributed by atoms with Crippen molar-refractivity contribution in [3.05, 3.63) is 131 Å². The van der Waals surface area contributed by atoms with Crippen molar-refractivity contribution in [1.29, 1.82) is 0 Å². The lowest BCUT2D eigenvalue weighted by molar-refractivity contribution is -0.145. The molecule has 0 bridgehead atoms. The van der Waals surface area contributed by atoms with Gasteiger partial charge in [-0.3, -0.25) is 4.79 Å². The van der Waals surface area contributed by atoms with E-state index in [9.17, 15) is 18.4 Å². The molecule has 206 valence electrons. The molecule has 8 heteroatoms. The van der Waals surface area contributed by atoms with Crippen LogP contribution >= 0.6 is 0 Å². The summed E-state index contributed by atoms with van der Waals surface area (Å²) in [6, 6.07) is 26.5. The summed E-state index contributed by atoms with van der Waals surface area (Å²) in [6.07, 6.45) is -0.212. The van der Waals surface area contributed by atoms with Crippen molar-refractivity contribution in [2.45, 2.75) is 32.1 Å². The SMILES string of the molecule is COC(=O)[C@H](Cc1ccc(OCc2ccccc2)c(OCc2ccccc2)c1)NC(=O)Cc1cc(F)cc(F)c1. The van der Waals surface area contributed by atoms with Crippen molar-refractivity contribution in [3.63, 3.8) is 0 Å². The number of methoxy groups -OCH3 is 1. The van der Waals surface area contributed by atoms with Gasteiger partial charge >= 0.3 is 5.97 Å². The van der Waals surface area contributed by atoms with Gasteiger partial charge < -0.3 is 19.5 Å². The topological polar surface area (TPSA) is 73.9 Å². The Morgan fingerprint density at radius 1 is 0.700 bits per heavy atom. The molecule has 0 heterocycles. The van der Waals surface area contributed by atoms with Gasteiger partial charge in [-0.2, -0.15) is 0 Å². The number of carbonyl (C=O) groups is 2. The third kappa shape index (κ3) is 8.39. The van der Waals surface area contributed by atoms with Crippen LogP contribution in [0.1, 0.15) is 22.3 Å². The smallest absolute Gasteiger partial charge is 0.328 e. The van der Waals surface area contributed by atoms with Crippen molar-refractivity contribution in [2.24, 2.45) is 0 Å². The lowest BCUT2D eigenvalue weighted by atomic mass is 10.0. The quantitative estimate of drug-likeness (QED) is 0.236. The maximum Gasteiger partial charge on any atom is 0.328 e. The molecule has 0 saturated heterocycles. The van der Waals surface area contributed by atoms with Gasteiger partial charge in [0.15, 0.2) is 11.5 Å². The first kappa shape index (κ1) is 28.3. The van der Waals surface area contributed by atoms with Gasteiger partial charge in [0, 0.05) is 12.5 Å². The van der Waals surface area contributed by atoms with Crippen LogP contribution in [0.3, 0.4) is 0 Å². The monoisotopic (exact) mass is 545 g/mol. The Kier molecular flexibility index (Phi) is 9.83. The number of halogens is 2. The van der Waals surface area contributed by atoms with Crippen molar-refractivity contribution < 1.29 is 32.6 Å².